The van der Waals surface area contributed by atoms with Crippen molar-refractivity contribution in [1.29, 1.82) is 0 Å². The van der Waals surface area contributed by atoms with Gasteiger partial charge in [-0.3, -0.25) is 0 Å². The number of phenolic OH excluding ortho intramolecular Hbond substituents is 1. The van der Waals surface area contributed by atoms with Gasteiger partial charge in [0.1, 0.15) is 23.2 Å². The van der Waals surface area contributed by atoms with Crippen molar-refractivity contribution in [1.82, 2.24) is 0 Å². The lowest BCUT2D eigenvalue weighted by Gasteiger charge is -2.24. The summed E-state index contributed by atoms with van der Waals surface area (Å²) >= 11 is 0. The fourth-order valence-electron chi connectivity index (χ4n) is 3.63. The van der Waals surface area contributed by atoms with Crippen LogP contribution in [-0.4, -0.2) is 42.1 Å². The Labute approximate surface area is 202 Å². The van der Waals surface area contributed by atoms with Crippen LogP contribution in [0.4, 0.5) is 0 Å². The van der Waals surface area contributed by atoms with E-state index in [9.17, 15) is 15.0 Å². The molecule has 0 aliphatic rings. The van der Waals surface area contributed by atoms with E-state index in [1.54, 1.807) is 31.4 Å². The number of carbonyl (C=O) groups is 1. The molecule has 0 unspecified atom stereocenters. The van der Waals surface area contributed by atoms with Crippen molar-refractivity contribution >= 4 is 5.97 Å². The summed E-state index contributed by atoms with van der Waals surface area (Å²) < 4.78 is 16.7. The SMILES string of the molecule is C=CCc1cccc(O)c1C(=O)O[C@@H](CCOCc1ccc(OC)cc1)C[C@@H](O)[C@@H](C)CC=C. The summed E-state index contributed by atoms with van der Waals surface area (Å²) in [6.45, 7) is 10.1. The highest BCUT2D eigenvalue weighted by atomic mass is 16.5. The number of rotatable bonds is 15. The molecule has 0 spiro atoms. The predicted molar refractivity (Wildman–Crippen MR) is 133 cm³/mol. The second-order valence-corrected chi connectivity index (χ2v) is 8.33. The Morgan fingerprint density at radius 2 is 1.85 bits per heavy atom. The number of allylic oxidation sites excluding steroid dienone is 2. The second kappa shape index (κ2) is 14.2. The van der Waals surface area contributed by atoms with Gasteiger partial charge in [0.25, 0.3) is 0 Å². The van der Waals surface area contributed by atoms with Crippen molar-refractivity contribution in [2.24, 2.45) is 5.92 Å². The van der Waals surface area contributed by atoms with Crippen molar-refractivity contribution < 1.29 is 29.2 Å². The molecule has 0 aliphatic heterocycles. The fraction of sp³-hybridized carbons (Fsp3) is 0.393. The Kier molecular flexibility index (Phi) is 11.4. The summed E-state index contributed by atoms with van der Waals surface area (Å²) in [5.41, 5.74) is 1.76. The summed E-state index contributed by atoms with van der Waals surface area (Å²) in [7, 11) is 1.62. The summed E-state index contributed by atoms with van der Waals surface area (Å²) in [6, 6.07) is 12.5. The molecule has 184 valence electrons. The highest BCUT2D eigenvalue weighted by Crippen LogP contribution is 2.25. The molecule has 34 heavy (non-hydrogen) atoms. The maximum absolute atomic E-state index is 13.0. The van der Waals surface area contributed by atoms with Crippen LogP contribution in [-0.2, 0) is 22.5 Å². The number of hydrogen-bond donors (Lipinski definition) is 2. The molecule has 2 aromatic rings. The molecule has 2 rings (SSSR count). The van der Waals surface area contributed by atoms with Crippen LogP contribution in [0.3, 0.4) is 0 Å². The maximum Gasteiger partial charge on any atom is 0.342 e. The first-order valence-corrected chi connectivity index (χ1v) is 11.5. The lowest BCUT2D eigenvalue weighted by Crippen LogP contribution is -2.29. The van der Waals surface area contributed by atoms with Crippen molar-refractivity contribution in [3.05, 3.63) is 84.5 Å². The van der Waals surface area contributed by atoms with E-state index in [0.29, 0.717) is 38.0 Å². The van der Waals surface area contributed by atoms with Crippen molar-refractivity contribution in [3.8, 4) is 11.5 Å². The van der Waals surface area contributed by atoms with Crippen LogP contribution in [0.15, 0.2) is 67.8 Å². The molecule has 2 aromatic carbocycles. The number of aliphatic hydroxyl groups excluding tert-OH is 1. The zero-order valence-corrected chi connectivity index (χ0v) is 20.1. The first-order chi connectivity index (χ1) is 16.4. The molecule has 0 amide bonds. The zero-order valence-electron chi connectivity index (χ0n) is 20.1. The van der Waals surface area contributed by atoms with Crippen LogP contribution in [0.2, 0.25) is 0 Å². The monoisotopic (exact) mass is 468 g/mol. The lowest BCUT2D eigenvalue weighted by atomic mass is 9.95. The van der Waals surface area contributed by atoms with Crippen LogP contribution in [0.25, 0.3) is 0 Å². The molecular formula is C28H36O6. The van der Waals surface area contributed by atoms with Gasteiger partial charge < -0.3 is 24.4 Å². The van der Waals surface area contributed by atoms with Gasteiger partial charge in [0, 0.05) is 12.8 Å². The molecule has 0 aromatic heterocycles. The van der Waals surface area contributed by atoms with Gasteiger partial charge in [-0.15, -0.1) is 13.2 Å². The molecule has 0 bridgehead atoms. The van der Waals surface area contributed by atoms with Gasteiger partial charge in [-0.1, -0.05) is 43.3 Å². The Balaban J connectivity index is 2.05. The van der Waals surface area contributed by atoms with E-state index >= 15 is 0 Å². The Bertz CT molecular complexity index is 921. The normalized spacial score (nSPS) is 13.5. The lowest BCUT2D eigenvalue weighted by molar-refractivity contribution is -0.00764. The van der Waals surface area contributed by atoms with Gasteiger partial charge >= 0.3 is 5.97 Å². The minimum absolute atomic E-state index is 0.0274. The first-order valence-electron chi connectivity index (χ1n) is 11.5. The van der Waals surface area contributed by atoms with Gasteiger partial charge in [-0.05, 0) is 48.1 Å². The summed E-state index contributed by atoms with van der Waals surface area (Å²) in [5, 5.41) is 20.9. The number of benzene rings is 2. The largest absolute Gasteiger partial charge is 0.507 e. The van der Waals surface area contributed by atoms with Gasteiger partial charge in [0.2, 0.25) is 0 Å². The van der Waals surface area contributed by atoms with Crippen molar-refractivity contribution in [2.75, 3.05) is 13.7 Å². The molecule has 2 N–H and O–H groups in total. The molecule has 0 saturated heterocycles. The number of esters is 1. The molecule has 6 heteroatoms. The number of methoxy groups -OCH3 is 1. The first kappa shape index (κ1) is 27.2. The molecule has 0 saturated carbocycles. The van der Waals surface area contributed by atoms with Gasteiger partial charge in [0.15, 0.2) is 0 Å². The highest BCUT2D eigenvalue weighted by molar-refractivity contribution is 5.94. The van der Waals surface area contributed by atoms with E-state index in [4.69, 9.17) is 14.2 Å². The summed E-state index contributed by atoms with van der Waals surface area (Å²) in [5.74, 6) is -0.0168. The minimum Gasteiger partial charge on any atom is -0.507 e. The number of ether oxygens (including phenoxy) is 3. The van der Waals surface area contributed by atoms with E-state index < -0.39 is 18.2 Å². The number of phenols is 1. The van der Waals surface area contributed by atoms with Crippen molar-refractivity contribution in [2.45, 2.75) is 51.4 Å². The highest BCUT2D eigenvalue weighted by Gasteiger charge is 2.25. The summed E-state index contributed by atoms with van der Waals surface area (Å²) in [4.78, 5) is 13.0. The third-order valence-electron chi connectivity index (χ3n) is 5.68. The van der Waals surface area contributed by atoms with E-state index in [0.717, 1.165) is 11.3 Å². The minimum atomic E-state index is -0.672. The van der Waals surface area contributed by atoms with Crippen LogP contribution in [0.5, 0.6) is 11.5 Å². The molecule has 0 aliphatic carbocycles. The van der Waals surface area contributed by atoms with Gasteiger partial charge in [0.05, 0.1) is 26.4 Å². The quantitative estimate of drug-likeness (QED) is 0.212. The van der Waals surface area contributed by atoms with E-state index in [-0.39, 0.29) is 23.7 Å². The topological polar surface area (TPSA) is 85.2 Å². The third kappa shape index (κ3) is 8.36. The van der Waals surface area contributed by atoms with E-state index in [1.807, 2.05) is 31.2 Å². The predicted octanol–water partition coefficient (Wildman–Crippen LogP) is 5.22. The molecule has 0 fully saturated rings. The van der Waals surface area contributed by atoms with Crippen LogP contribution in [0, 0.1) is 5.92 Å². The van der Waals surface area contributed by atoms with Crippen LogP contribution in [0.1, 0.15) is 47.7 Å². The standard InChI is InChI=1S/C28H36O6/c1-5-8-20(3)26(30)18-24(16-17-33-19-21-12-14-23(32-4)15-13-21)34-28(31)27-22(9-6-2)10-7-11-25(27)29/h5-7,10-15,20,24,26,29-30H,1-2,8-9,16-19H2,3-4H3/t20-,24-,26+/m0/s1. The molecule has 0 heterocycles. The molecule has 6 nitrogen and oxygen atoms in total. The average molecular weight is 469 g/mol. The average Bonchev–Trinajstić information content (AvgIpc) is 2.82. The van der Waals surface area contributed by atoms with Crippen LogP contribution < -0.4 is 4.74 Å². The molecule has 3 atom stereocenters. The van der Waals surface area contributed by atoms with Crippen LogP contribution >= 0.6 is 0 Å². The number of carbonyl (C=O) groups excluding carboxylic acids is 1. The molecular weight excluding hydrogens is 432 g/mol. The Hall–Kier alpha value is -3.09. The Morgan fingerprint density at radius 1 is 1.12 bits per heavy atom. The Morgan fingerprint density at radius 3 is 2.50 bits per heavy atom. The van der Waals surface area contributed by atoms with E-state index in [2.05, 4.69) is 13.2 Å². The smallest absolute Gasteiger partial charge is 0.342 e. The third-order valence-corrected chi connectivity index (χ3v) is 5.68. The number of aliphatic hydroxyl groups is 1. The van der Waals surface area contributed by atoms with Crippen molar-refractivity contribution in [3.63, 3.8) is 0 Å². The maximum atomic E-state index is 13.0. The molecule has 0 radical (unpaired) electrons. The number of hydrogen-bond acceptors (Lipinski definition) is 6. The zero-order chi connectivity index (χ0) is 24.9. The van der Waals surface area contributed by atoms with Gasteiger partial charge in [-0.25, -0.2) is 4.79 Å². The summed E-state index contributed by atoms with van der Waals surface area (Å²) in [6.07, 6.45) is 3.91. The van der Waals surface area contributed by atoms with Gasteiger partial charge in [-0.2, -0.15) is 0 Å². The second-order valence-electron chi connectivity index (χ2n) is 8.33. The number of aromatic hydroxyl groups is 1. The van der Waals surface area contributed by atoms with E-state index in [1.165, 1.54) is 6.07 Å². The fourth-order valence-corrected chi connectivity index (χ4v) is 3.63.